The Labute approximate surface area is 148 Å². The van der Waals surface area contributed by atoms with E-state index >= 15 is 0 Å². The predicted octanol–water partition coefficient (Wildman–Crippen LogP) is 2.06. The van der Waals surface area contributed by atoms with Crippen LogP contribution >= 0.6 is 0 Å². The van der Waals surface area contributed by atoms with Gasteiger partial charge in [0.1, 0.15) is 0 Å². The summed E-state index contributed by atoms with van der Waals surface area (Å²) in [6, 6.07) is 8.39. The zero-order chi connectivity index (χ0) is 17.2. The topological polar surface area (TPSA) is 63.1 Å². The Balaban J connectivity index is 1.41. The van der Waals surface area contributed by atoms with Gasteiger partial charge in [-0.05, 0) is 43.9 Å². The van der Waals surface area contributed by atoms with Gasteiger partial charge in [-0.15, -0.1) is 0 Å². The van der Waals surface area contributed by atoms with Gasteiger partial charge in [-0.25, -0.2) is 0 Å². The van der Waals surface area contributed by atoms with E-state index in [4.69, 9.17) is 0 Å². The van der Waals surface area contributed by atoms with Gasteiger partial charge >= 0.3 is 0 Å². The molecule has 132 valence electrons. The van der Waals surface area contributed by atoms with Crippen molar-refractivity contribution in [3.05, 3.63) is 47.5 Å². The fraction of sp³-hybridized carbons (Fsp3) is 0.526. The molecule has 0 aromatic carbocycles. The van der Waals surface area contributed by atoms with Gasteiger partial charge in [0.15, 0.2) is 0 Å². The van der Waals surface area contributed by atoms with Crippen LogP contribution in [-0.2, 0) is 17.9 Å². The highest BCUT2D eigenvalue weighted by Crippen LogP contribution is 2.32. The van der Waals surface area contributed by atoms with Crippen molar-refractivity contribution in [2.45, 2.75) is 45.3 Å². The molecule has 3 heterocycles. The van der Waals surface area contributed by atoms with Gasteiger partial charge in [-0.3, -0.25) is 19.4 Å². The molecule has 0 spiro atoms. The van der Waals surface area contributed by atoms with Crippen molar-refractivity contribution in [2.24, 2.45) is 5.92 Å². The molecule has 1 saturated carbocycles. The van der Waals surface area contributed by atoms with Gasteiger partial charge in [-0.1, -0.05) is 6.07 Å². The van der Waals surface area contributed by atoms with Crippen molar-refractivity contribution in [3.8, 4) is 0 Å². The first-order valence-electron chi connectivity index (χ1n) is 9.11. The molecule has 6 heteroatoms. The molecule has 1 aliphatic heterocycles. The Bertz CT molecular complexity index is 752. The molecule has 1 unspecified atom stereocenters. The molecule has 6 nitrogen and oxygen atoms in total. The Morgan fingerprint density at radius 2 is 2.20 bits per heavy atom. The lowest BCUT2D eigenvalue weighted by molar-refractivity contribution is -0.121. The fourth-order valence-corrected chi connectivity index (χ4v) is 3.54. The molecule has 1 amide bonds. The third-order valence-electron chi connectivity index (χ3n) is 4.99. The first-order chi connectivity index (χ1) is 12.2. The van der Waals surface area contributed by atoms with E-state index in [9.17, 15) is 4.79 Å². The lowest BCUT2D eigenvalue weighted by atomic mass is 10.1. The standard InChI is InChI=1S/C19H25N5O/c1-14-3-2-4-16(22-14)11-23-12-17-7-8-21-24(17)18(13-23)10-20-19(25)9-15-5-6-15/h2-4,7-8,15,18H,5-6,9-13H2,1H3,(H,20,25). The molecule has 2 aliphatic rings. The molecule has 25 heavy (non-hydrogen) atoms. The van der Waals surface area contributed by atoms with E-state index in [1.807, 2.05) is 19.2 Å². The molecule has 0 saturated heterocycles. The highest BCUT2D eigenvalue weighted by atomic mass is 16.1. The number of pyridine rings is 1. The summed E-state index contributed by atoms with van der Waals surface area (Å²) in [6.45, 7) is 5.21. The summed E-state index contributed by atoms with van der Waals surface area (Å²) >= 11 is 0. The lowest BCUT2D eigenvalue weighted by Crippen LogP contribution is -2.42. The van der Waals surface area contributed by atoms with Gasteiger partial charge in [-0.2, -0.15) is 5.10 Å². The van der Waals surface area contributed by atoms with Crippen LogP contribution in [-0.4, -0.2) is 38.7 Å². The van der Waals surface area contributed by atoms with Crippen molar-refractivity contribution >= 4 is 5.91 Å². The molecule has 0 radical (unpaired) electrons. The first-order valence-corrected chi connectivity index (χ1v) is 9.11. The lowest BCUT2D eigenvalue weighted by Gasteiger charge is -2.33. The van der Waals surface area contributed by atoms with Crippen LogP contribution in [0.3, 0.4) is 0 Å². The molecule has 2 aromatic heterocycles. The molecule has 4 rings (SSSR count). The van der Waals surface area contributed by atoms with E-state index in [0.29, 0.717) is 18.9 Å². The van der Waals surface area contributed by atoms with E-state index in [2.05, 4.69) is 43.2 Å². The van der Waals surface area contributed by atoms with Crippen LogP contribution in [0.5, 0.6) is 0 Å². The maximum Gasteiger partial charge on any atom is 0.220 e. The molecule has 2 aromatic rings. The first kappa shape index (κ1) is 16.3. The van der Waals surface area contributed by atoms with E-state index in [-0.39, 0.29) is 11.9 Å². The summed E-state index contributed by atoms with van der Waals surface area (Å²) < 4.78 is 2.07. The Hall–Kier alpha value is -2.21. The number of fused-ring (bicyclic) bond motifs is 1. The zero-order valence-corrected chi connectivity index (χ0v) is 14.7. The molecule has 0 bridgehead atoms. The van der Waals surface area contributed by atoms with Crippen molar-refractivity contribution in [1.29, 1.82) is 0 Å². The van der Waals surface area contributed by atoms with Crippen LogP contribution < -0.4 is 5.32 Å². The number of rotatable bonds is 6. The maximum atomic E-state index is 12.0. The predicted molar refractivity (Wildman–Crippen MR) is 94.7 cm³/mol. The second-order valence-corrected chi connectivity index (χ2v) is 7.31. The Morgan fingerprint density at radius 3 is 3.00 bits per heavy atom. The van der Waals surface area contributed by atoms with Crippen LogP contribution in [0.25, 0.3) is 0 Å². The minimum absolute atomic E-state index is 0.173. The summed E-state index contributed by atoms with van der Waals surface area (Å²) in [5.41, 5.74) is 3.33. The summed E-state index contributed by atoms with van der Waals surface area (Å²) in [5.74, 6) is 0.796. The van der Waals surface area contributed by atoms with E-state index in [0.717, 1.165) is 31.0 Å². The van der Waals surface area contributed by atoms with Crippen molar-refractivity contribution in [3.63, 3.8) is 0 Å². The van der Waals surface area contributed by atoms with E-state index < -0.39 is 0 Å². The number of carbonyl (C=O) groups excluding carboxylic acids is 1. The summed E-state index contributed by atoms with van der Waals surface area (Å²) in [6.07, 6.45) is 4.94. The highest BCUT2D eigenvalue weighted by molar-refractivity contribution is 5.76. The van der Waals surface area contributed by atoms with Crippen LogP contribution in [0.2, 0.25) is 0 Å². The monoisotopic (exact) mass is 339 g/mol. The number of nitrogens with one attached hydrogen (secondary N) is 1. The zero-order valence-electron chi connectivity index (χ0n) is 14.7. The number of nitrogens with zero attached hydrogens (tertiary/aromatic N) is 4. The second-order valence-electron chi connectivity index (χ2n) is 7.31. The van der Waals surface area contributed by atoms with Gasteiger partial charge in [0, 0.05) is 44.5 Å². The Morgan fingerprint density at radius 1 is 1.32 bits per heavy atom. The summed E-state index contributed by atoms with van der Waals surface area (Å²) in [4.78, 5) is 19.0. The quantitative estimate of drug-likeness (QED) is 0.875. The third-order valence-corrected chi connectivity index (χ3v) is 4.99. The average Bonchev–Trinajstić information content (AvgIpc) is 3.26. The normalized spacial score (nSPS) is 20.3. The minimum atomic E-state index is 0.173. The Kier molecular flexibility index (Phi) is 4.53. The second kappa shape index (κ2) is 6.96. The highest BCUT2D eigenvalue weighted by Gasteiger charge is 2.28. The molecule has 1 atom stereocenters. The van der Waals surface area contributed by atoms with Crippen molar-refractivity contribution < 1.29 is 4.79 Å². The van der Waals surface area contributed by atoms with Crippen molar-refractivity contribution in [1.82, 2.24) is 25.0 Å². The summed E-state index contributed by atoms with van der Waals surface area (Å²) in [5, 5.41) is 7.57. The fourth-order valence-electron chi connectivity index (χ4n) is 3.54. The van der Waals surface area contributed by atoms with Crippen LogP contribution in [0, 0.1) is 12.8 Å². The van der Waals surface area contributed by atoms with E-state index in [1.165, 1.54) is 18.5 Å². The molecular formula is C19H25N5O. The average molecular weight is 339 g/mol. The van der Waals surface area contributed by atoms with Crippen LogP contribution in [0.15, 0.2) is 30.5 Å². The smallest absolute Gasteiger partial charge is 0.220 e. The molecule has 1 fully saturated rings. The molecule has 1 N–H and O–H groups in total. The van der Waals surface area contributed by atoms with Crippen LogP contribution in [0.4, 0.5) is 0 Å². The van der Waals surface area contributed by atoms with Gasteiger partial charge in [0.2, 0.25) is 5.91 Å². The number of aromatic nitrogens is 3. The number of hydrogen-bond donors (Lipinski definition) is 1. The van der Waals surface area contributed by atoms with Gasteiger partial charge in [0.25, 0.3) is 0 Å². The molecular weight excluding hydrogens is 314 g/mol. The largest absolute Gasteiger partial charge is 0.354 e. The van der Waals surface area contributed by atoms with Crippen LogP contribution in [0.1, 0.15) is 42.4 Å². The number of amides is 1. The SMILES string of the molecule is Cc1cccc(CN2Cc3ccnn3C(CNC(=O)CC3CC3)C2)n1. The maximum absolute atomic E-state index is 12.0. The van der Waals surface area contributed by atoms with Gasteiger partial charge < -0.3 is 5.32 Å². The summed E-state index contributed by atoms with van der Waals surface area (Å²) in [7, 11) is 0. The molecule has 1 aliphatic carbocycles. The van der Waals surface area contributed by atoms with Crippen molar-refractivity contribution in [2.75, 3.05) is 13.1 Å². The number of hydrogen-bond acceptors (Lipinski definition) is 4. The number of aryl methyl sites for hydroxylation is 1. The third kappa shape index (κ3) is 4.07. The van der Waals surface area contributed by atoms with Gasteiger partial charge in [0.05, 0.1) is 17.4 Å². The minimum Gasteiger partial charge on any atom is -0.354 e. The van der Waals surface area contributed by atoms with E-state index in [1.54, 1.807) is 0 Å². The number of carbonyl (C=O) groups is 1.